The van der Waals surface area contributed by atoms with Crippen LogP contribution in [0.2, 0.25) is 0 Å². The maximum Gasteiger partial charge on any atom is 0.417 e. The number of oxazole rings is 1. The average Bonchev–Trinajstić information content (AvgIpc) is 2.75. The van der Waals surface area contributed by atoms with Gasteiger partial charge in [0.25, 0.3) is 0 Å². The summed E-state index contributed by atoms with van der Waals surface area (Å²) in [5.74, 6) is -0.442. The lowest BCUT2D eigenvalue weighted by Gasteiger charge is -2.06. The van der Waals surface area contributed by atoms with Gasteiger partial charge < -0.3 is 15.5 Å². The number of rotatable bonds is 3. The number of nitrogen functional groups attached to an aromatic ring is 1. The first-order chi connectivity index (χ1) is 9.20. The van der Waals surface area contributed by atoms with E-state index in [-0.39, 0.29) is 0 Å². The monoisotopic (exact) mass is 255 g/mol. The summed E-state index contributed by atoms with van der Waals surface area (Å²) in [5, 5.41) is 3.27. The molecule has 5 nitrogen and oxygen atoms in total. The predicted molar refractivity (Wildman–Crippen MR) is 75.0 cm³/mol. The van der Waals surface area contributed by atoms with E-state index in [4.69, 9.17) is 10.2 Å². The molecule has 96 valence electrons. The van der Waals surface area contributed by atoms with Gasteiger partial charge in [-0.15, -0.1) is 0 Å². The van der Waals surface area contributed by atoms with Gasteiger partial charge in [0.05, 0.1) is 5.52 Å². The van der Waals surface area contributed by atoms with Crippen LogP contribution in [0.5, 0.6) is 0 Å². The summed E-state index contributed by atoms with van der Waals surface area (Å²) >= 11 is 0. The Labute approximate surface area is 109 Å². The Balaban J connectivity index is 1.79. The Morgan fingerprint density at radius 1 is 1.21 bits per heavy atom. The first kappa shape index (κ1) is 11.4. The van der Waals surface area contributed by atoms with Gasteiger partial charge in [-0.25, -0.2) is 4.79 Å². The molecule has 3 aromatic rings. The summed E-state index contributed by atoms with van der Waals surface area (Å²) in [6.07, 6.45) is 0. The van der Waals surface area contributed by atoms with Gasteiger partial charge in [-0.3, -0.25) is 4.98 Å². The minimum Gasteiger partial charge on any atom is -0.408 e. The molecule has 0 amide bonds. The molecular formula is C14H13N3O2. The number of hydrogen-bond donors (Lipinski definition) is 3. The molecule has 5 heteroatoms. The highest BCUT2D eigenvalue weighted by Gasteiger charge is 2.02. The molecule has 0 aliphatic heterocycles. The lowest BCUT2D eigenvalue weighted by atomic mass is 10.2. The van der Waals surface area contributed by atoms with Crippen molar-refractivity contribution in [3.8, 4) is 0 Å². The topological polar surface area (TPSA) is 84.0 Å². The number of fused-ring (bicyclic) bond motifs is 1. The standard InChI is InChI=1S/C14H13N3O2/c15-10-3-1-2-9(6-10)8-16-11-4-5-13-12(7-11)17-14(18)19-13/h1-7,16H,8,15H2,(H,17,18). The third-order valence-electron chi connectivity index (χ3n) is 2.87. The number of aromatic amines is 1. The molecular weight excluding hydrogens is 242 g/mol. The van der Waals surface area contributed by atoms with Crippen LogP contribution in [0, 0.1) is 0 Å². The van der Waals surface area contributed by atoms with Crippen LogP contribution in [-0.2, 0) is 6.54 Å². The fraction of sp³-hybridized carbons (Fsp3) is 0.0714. The van der Waals surface area contributed by atoms with Crippen molar-refractivity contribution in [3.05, 3.63) is 58.6 Å². The lowest BCUT2D eigenvalue weighted by Crippen LogP contribution is -2.00. The SMILES string of the molecule is Nc1cccc(CNc2ccc3oc(=O)[nH]c3c2)c1. The minimum atomic E-state index is -0.442. The number of aromatic nitrogens is 1. The van der Waals surface area contributed by atoms with Gasteiger partial charge in [-0.1, -0.05) is 12.1 Å². The molecule has 1 heterocycles. The fourth-order valence-electron chi connectivity index (χ4n) is 1.97. The van der Waals surface area contributed by atoms with E-state index >= 15 is 0 Å². The van der Waals surface area contributed by atoms with E-state index in [0.29, 0.717) is 17.6 Å². The molecule has 0 unspecified atom stereocenters. The third-order valence-corrected chi connectivity index (χ3v) is 2.87. The fourth-order valence-corrected chi connectivity index (χ4v) is 1.97. The second-order valence-corrected chi connectivity index (χ2v) is 4.32. The van der Waals surface area contributed by atoms with Crippen molar-refractivity contribution in [3.63, 3.8) is 0 Å². The Kier molecular flexibility index (Phi) is 2.72. The largest absolute Gasteiger partial charge is 0.417 e. The van der Waals surface area contributed by atoms with E-state index < -0.39 is 5.76 Å². The second-order valence-electron chi connectivity index (χ2n) is 4.32. The first-order valence-corrected chi connectivity index (χ1v) is 5.92. The van der Waals surface area contributed by atoms with Gasteiger partial charge in [-0.2, -0.15) is 0 Å². The summed E-state index contributed by atoms with van der Waals surface area (Å²) in [6.45, 7) is 0.665. The second kappa shape index (κ2) is 4.53. The van der Waals surface area contributed by atoms with Crippen molar-refractivity contribution >= 4 is 22.5 Å². The van der Waals surface area contributed by atoms with E-state index in [2.05, 4.69) is 10.3 Å². The summed E-state index contributed by atoms with van der Waals surface area (Å²) in [7, 11) is 0. The zero-order valence-corrected chi connectivity index (χ0v) is 10.1. The molecule has 0 aliphatic carbocycles. The van der Waals surface area contributed by atoms with Gasteiger partial charge >= 0.3 is 5.76 Å². The first-order valence-electron chi connectivity index (χ1n) is 5.92. The van der Waals surface area contributed by atoms with Crippen LogP contribution in [0.25, 0.3) is 11.1 Å². The van der Waals surface area contributed by atoms with Crippen molar-refractivity contribution in [2.24, 2.45) is 0 Å². The highest BCUT2D eigenvalue weighted by atomic mass is 16.4. The summed E-state index contributed by atoms with van der Waals surface area (Å²) in [6, 6.07) is 13.2. The van der Waals surface area contributed by atoms with Crippen molar-refractivity contribution in [1.82, 2.24) is 4.98 Å². The summed E-state index contributed by atoms with van der Waals surface area (Å²) in [5.41, 5.74) is 9.71. The van der Waals surface area contributed by atoms with Crippen molar-refractivity contribution in [1.29, 1.82) is 0 Å². The van der Waals surface area contributed by atoms with Crippen molar-refractivity contribution < 1.29 is 4.42 Å². The van der Waals surface area contributed by atoms with Gasteiger partial charge in [0.1, 0.15) is 0 Å². The van der Waals surface area contributed by atoms with Crippen LogP contribution in [0.15, 0.2) is 51.7 Å². The lowest BCUT2D eigenvalue weighted by molar-refractivity contribution is 0.555. The molecule has 1 aromatic heterocycles. The Bertz CT molecular complexity index is 773. The van der Waals surface area contributed by atoms with E-state index in [9.17, 15) is 4.79 Å². The molecule has 0 atom stereocenters. The molecule has 0 fully saturated rings. The predicted octanol–water partition coefficient (Wildman–Crippen LogP) is 2.32. The van der Waals surface area contributed by atoms with Crippen molar-refractivity contribution in [2.45, 2.75) is 6.54 Å². The Morgan fingerprint density at radius 3 is 2.95 bits per heavy atom. The van der Waals surface area contributed by atoms with E-state index in [1.807, 2.05) is 36.4 Å². The zero-order valence-electron chi connectivity index (χ0n) is 10.1. The highest BCUT2D eigenvalue weighted by molar-refractivity contribution is 5.76. The van der Waals surface area contributed by atoms with Crippen LogP contribution >= 0.6 is 0 Å². The molecule has 0 radical (unpaired) electrons. The number of nitrogens with two attached hydrogens (primary N) is 1. The highest BCUT2D eigenvalue weighted by Crippen LogP contribution is 2.17. The van der Waals surface area contributed by atoms with Gasteiger partial charge in [-0.05, 0) is 35.9 Å². The number of H-pyrrole nitrogens is 1. The molecule has 0 aliphatic rings. The van der Waals surface area contributed by atoms with E-state index in [1.165, 1.54) is 0 Å². The zero-order chi connectivity index (χ0) is 13.2. The van der Waals surface area contributed by atoms with E-state index in [1.54, 1.807) is 6.07 Å². The summed E-state index contributed by atoms with van der Waals surface area (Å²) in [4.78, 5) is 13.7. The van der Waals surface area contributed by atoms with Crippen LogP contribution in [0.1, 0.15) is 5.56 Å². The number of anilines is 2. The average molecular weight is 255 g/mol. The van der Waals surface area contributed by atoms with Gasteiger partial charge in [0, 0.05) is 17.9 Å². The smallest absolute Gasteiger partial charge is 0.408 e. The molecule has 0 bridgehead atoms. The molecule has 4 N–H and O–H groups in total. The molecule has 0 saturated heterocycles. The number of hydrogen-bond acceptors (Lipinski definition) is 4. The van der Waals surface area contributed by atoms with Crippen LogP contribution < -0.4 is 16.8 Å². The Morgan fingerprint density at radius 2 is 2.11 bits per heavy atom. The molecule has 0 spiro atoms. The summed E-state index contributed by atoms with van der Waals surface area (Å²) < 4.78 is 4.95. The molecule has 19 heavy (non-hydrogen) atoms. The molecule has 3 rings (SSSR count). The maximum absolute atomic E-state index is 11.1. The van der Waals surface area contributed by atoms with Crippen LogP contribution in [0.4, 0.5) is 11.4 Å². The Hall–Kier alpha value is -2.69. The molecule has 2 aromatic carbocycles. The number of benzene rings is 2. The molecule has 0 saturated carbocycles. The van der Waals surface area contributed by atoms with Crippen LogP contribution in [0.3, 0.4) is 0 Å². The maximum atomic E-state index is 11.1. The number of nitrogens with one attached hydrogen (secondary N) is 2. The van der Waals surface area contributed by atoms with Gasteiger partial charge in [0.2, 0.25) is 0 Å². The minimum absolute atomic E-state index is 0.442. The van der Waals surface area contributed by atoms with Crippen LogP contribution in [-0.4, -0.2) is 4.98 Å². The van der Waals surface area contributed by atoms with Crippen molar-refractivity contribution in [2.75, 3.05) is 11.1 Å². The van der Waals surface area contributed by atoms with Gasteiger partial charge in [0.15, 0.2) is 5.58 Å². The quantitative estimate of drug-likeness (QED) is 0.627. The van der Waals surface area contributed by atoms with E-state index in [0.717, 1.165) is 16.9 Å². The normalized spacial score (nSPS) is 10.7. The third kappa shape index (κ3) is 2.44.